The predicted molar refractivity (Wildman–Crippen MR) is 114 cm³/mol. The van der Waals surface area contributed by atoms with E-state index in [-0.39, 0.29) is 29.4 Å². The van der Waals surface area contributed by atoms with Gasteiger partial charge in [0.2, 0.25) is 5.78 Å². The highest BCUT2D eigenvalue weighted by Gasteiger charge is 2.25. The van der Waals surface area contributed by atoms with Crippen molar-refractivity contribution in [2.24, 2.45) is 0 Å². The van der Waals surface area contributed by atoms with Crippen molar-refractivity contribution in [1.82, 2.24) is 19.5 Å². The van der Waals surface area contributed by atoms with Crippen molar-refractivity contribution in [3.05, 3.63) is 89.7 Å². The van der Waals surface area contributed by atoms with Crippen molar-refractivity contribution in [2.75, 3.05) is 0 Å². The fourth-order valence-corrected chi connectivity index (χ4v) is 3.51. The summed E-state index contributed by atoms with van der Waals surface area (Å²) in [7, 11) is 0. The number of hydrogen-bond acceptors (Lipinski definition) is 5. The first-order valence-electron chi connectivity index (χ1n) is 9.14. The number of ketones is 1. The Balaban J connectivity index is 2.26. The van der Waals surface area contributed by atoms with Crippen molar-refractivity contribution in [3.8, 4) is 0 Å². The molecule has 0 aliphatic rings. The molecule has 29 heavy (non-hydrogen) atoms. The molecule has 0 spiro atoms. The van der Waals surface area contributed by atoms with Gasteiger partial charge in [0, 0.05) is 17.5 Å². The molecule has 0 aromatic carbocycles. The van der Waals surface area contributed by atoms with Gasteiger partial charge in [0.25, 0.3) is 5.56 Å². The van der Waals surface area contributed by atoms with Gasteiger partial charge in [0.05, 0.1) is 6.54 Å². The molecule has 8 heteroatoms. The number of H-pyrrole nitrogens is 1. The Morgan fingerprint density at radius 3 is 2.52 bits per heavy atom. The van der Waals surface area contributed by atoms with Gasteiger partial charge in [-0.1, -0.05) is 19.9 Å². The molecule has 0 saturated carbocycles. The average Bonchev–Trinajstić information content (AvgIpc) is 2.63. The normalized spacial score (nSPS) is 11.1. The standard InChI is InChI=1S/C21H21BrN4O3/c1-11(2)17-18(19(27)15-8-12(3)7-13(4)24-15)26(21(29)25-20(17)28)10-14-5-6-16(22)23-9-14/h5-9,11H,10H2,1-4H3,(H,25,28,29). The van der Waals surface area contributed by atoms with E-state index >= 15 is 0 Å². The zero-order valence-corrected chi connectivity index (χ0v) is 18.2. The van der Waals surface area contributed by atoms with Gasteiger partial charge >= 0.3 is 5.69 Å². The van der Waals surface area contributed by atoms with Gasteiger partial charge in [0.1, 0.15) is 16.0 Å². The van der Waals surface area contributed by atoms with E-state index in [0.29, 0.717) is 10.3 Å². The van der Waals surface area contributed by atoms with Gasteiger partial charge in [-0.15, -0.1) is 0 Å². The van der Waals surface area contributed by atoms with Crippen molar-refractivity contribution < 1.29 is 4.79 Å². The van der Waals surface area contributed by atoms with Crippen LogP contribution in [0.3, 0.4) is 0 Å². The third kappa shape index (κ3) is 4.42. The van der Waals surface area contributed by atoms with Gasteiger partial charge in [-0.25, -0.2) is 14.8 Å². The maximum absolute atomic E-state index is 13.4. The molecule has 0 unspecified atom stereocenters. The summed E-state index contributed by atoms with van der Waals surface area (Å²) < 4.78 is 1.96. The molecule has 150 valence electrons. The molecule has 3 aromatic heterocycles. The largest absolute Gasteiger partial charge is 0.329 e. The molecule has 7 nitrogen and oxygen atoms in total. The fourth-order valence-electron chi connectivity index (χ4n) is 3.28. The smallest absolute Gasteiger partial charge is 0.285 e. The van der Waals surface area contributed by atoms with E-state index in [1.807, 2.05) is 26.8 Å². The third-order valence-corrected chi connectivity index (χ3v) is 4.96. The molecule has 0 radical (unpaired) electrons. The number of halogens is 1. The molecule has 3 rings (SSSR count). The molecule has 0 aliphatic heterocycles. The van der Waals surface area contributed by atoms with Gasteiger partial charge in [-0.2, -0.15) is 0 Å². The van der Waals surface area contributed by atoms with Crippen molar-refractivity contribution >= 4 is 21.7 Å². The van der Waals surface area contributed by atoms with E-state index < -0.39 is 17.0 Å². The Hall–Kier alpha value is -2.87. The number of aromatic amines is 1. The number of rotatable bonds is 5. The number of aryl methyl sites for hydroxylation is 2. The lowest BCUT2D eigenvalue weighted by Gasteiger charge is -2.17. The SMILES string of the molecule is Cc1cc(C)nc(C(=O)c2c(C(C)C)c(=O)[nH]c(=O)n2Cc2ccc(Br)nc2)c1. The molecule has 0 atom stereocenters. The zero-order valence-electron chi connectivity index (χ0n) is 16.6. The topological polar surface area (TPSA) is 97.7 Å². The van der Waals surface area contributed by atoms with Crippen LogP contribution in [-0.4, -0.2) is 25.3 Å². The number of hydrogen-bond donors (Lipinski definition) is 1. The Kier molecular flexibility index (Phi) is 5.93. The molecule has 0 bridgehead atoms. The minimum Gasteiger partial charge on any atom is -0.285 e. The number of nitrogens with zero attached hydrogens (tertiary/aromatic N) is 3. The molecular weight excluding hydrogens is 436 g/mol. The van der Waals surface area contributed by atoms with E-state index in [2.05, 4.69) is 30.9 Å². The van der Waals surface area contributed by atoms with Crippen LogP contribution in [0.2, 0.25) is 0 Å². The summed E-state index contributed by atoms with van der Waals surface area (Å²) >= 11 is 3.28. The molecule has 0 amide bonds. The van der Waals surface area contributed by atoms with Crippen molar-refractivity contribution in [3.63, 3.8) is 0 Å². The monoisotopic (exact) mass is 456 g/mol. The first-order valence-corrected chi connectivity index (χ1v) is 9.94. The molecule has 0 saturated heterocycles. The van der Waals surface area contributed by atoms with E-state index in [9.17, 15) is 14.4 Å². The average molecular weight is 457 g/mol. The number of aromatic nitrogens is 4. The summed E-state index contributed by atoms with van der Waals surface area (Å²) in [5, 5.41) is 0. The lowest BCUT2D eigenvalue weighted by molar-refractivity contribution is 0.102. The summed E-state index contributed by atoms with van der Waals surface area (Å²) in [6, 6.07) is 7.07. The highest BCUT2D eigenvalue weighted by atomic mass is 79.9. The van der Waals surface area contributed by atoms with Crippen molar-refractivity contribution in [1.29, 1.82) is 0 Å². The van der Waals surface area contributed by atoms with Crippen LogP contribution >= 0.6 is 15.9 Å². The summed E-state index contributed by atoms with van der Waals surface area (Å²) in [6.07, 6.45) is 1.61. The number of carbonyl (C=O) groups excluding carboxylic acids is 1. The minimum absolute atomic E-state index is 0.0640. The molecular formula is C21H21BrN4O3. The highest BCUT2D eigenvalue weighted by molar-refractivity contribution is 9.10. The maximum Gasteiger partial charge on any atom is 0.329 e. The molecule has 0 aliphatic carbocycles. The second-order valence-electron chi connectivity index (χ2n) is 7.25. The Labute approximate surface area is 176 Å². The van der Waals surface area contributed by atoms with Crippen LogP contribution in [0.1, 0.15) is 58.3 Å². The van der Waals surface area contributed by atoms with Crippen LogP contribution < -0.4 is 11.2 Å². The number of nitrogens with one attached hydrogen (secondary N) is 1. The van der Waals surface area contributed by atoms with E-state index in [1.165, 1.54) is 4.57 Å². The maximum atomic E-state index is 13.4. The second kappa shape index (κ2) is 8.24. The van der Waals surface area contributed by atoms with Crippen molar-refractivity contribution in [2.45, 2.75) is 40.2 Å². The van der Waals surface area contributed by atoms with E-state index in [0.717, 1.165) is 11.1 Å². The fraction of sp³-hybridized carbons (Fsp3) is 0.286. The van der Waals surface area contributed by atoms with Crippen LogP contribution in [0.5, 0.6) is 0 Å². The summed E-state index contributed by atoms with van der Waals surface area (Å²) in [4.78, 5) is 49.5. The third-order valence-electron chi connectivity index (χ3n) is 4.49. The lowest BCUT2D eigenvalue weighted by atomic mass is 9.98. The molecule has 3 aromatic rings. The summed E-state index contributed by atoms with van der Waals surface area (Å²) in [5.74, 6) is -0.715. The number of carbonyl (C=O) groups is 1. The van der Waals surface area contributed by atoms with Gasteiger partial charge in [-0.05, 0) is 65.0 Å². The lowest BCUT2D eigenvalue weighted by Crippen LogP contribution is -2.38. The van der Waals surface area contributed by atoms with Gasteiger partial charge < -0.3 is 0 Å². The quantitative estimate of drug-likeness (QED) is 0.469. The Morgan fingerprint density at radius 1 is 1.21 bits per heavy atom. The summed E-state index contributed by atoms with van der Waals surface area (Å²) in [5.41, 5.74) is 1.63. The summed E-state index contributed by atoms with van der Waals surface area (Å²) in [6.45, 7) is 7.39. The second-order valence-corrected chi connectivity index (χ2v) is 8.06. The Morgan fingerprint density at radius 2 is 1.93 bits per heavy atom. The molecule has 1 N–H and O–H groups in total. The highest BCUT2D eigenvalue weighted by Crippen LogP contribution is 2.19. The van der Waals surface area contributed by atoms with E-state index in [4.69, 9.17) is 0 Å². The minimum atomic E-state index is -0.643. The zero-order chi connectivity index (χ0) is 21.3. The van der Waals surface area contributed by atoms with E-state index in [1.54, 1.807) is 31.3 Å². The Bertz CT molecular complexity index is 1170. The molecule has 3 heterocycles. The van der Waals surface area contributed by atoms with Crippen LogP contribution in [0, 0.1) is 13.8 Å². The first-order chi connectivity index (χ1) is 13.7. The first kappa shape index (κ1) is 20.9. The van der Waals surface area contributed by atoms with Gasteiger partial charge in [0.15, 0.2) is 0 Å². The van der Waals surface area contributed by atoms with Crippen LogP contribution in [0.25, 0.3) is 0 Å². The van der Waals surface area contributed by atoms with Crippen LogP contribution in [-0.2, 0) is 6.54 Å². The predicted octanol–water partition coefficient (Wildman–Crippen LogP) is 3.11. The van der Waals surface area contributed by atoms with Crippen LogP contribution in [0.15, 0.2) is 44.7 Å². The molecule has 0 fully saturated rings. The van der Waals surface area contributed by atoms with Crippen LogP contribution in [0.4, 0.5) is 0 Å². The number of pyridine rings is 2. The van der Waals surface area contributed by atoms with Gasteiger partial charge in [-0.3, -0.25) is 19.1 Å².